The van der Waals surface area contributed by atoms with Crippen LogP contribution < -0.4 is 10.0 Å². The van der Waals surface area contributed by atoms with Crippen LogP contribution in [0, 0.1) is 13.8 Å². The number of sulfonamides is 1. The minimum absolute atomic E-state index is 0.0124. The van der Waals surface area contributed by atoms with E-state index in [1.54, 1.807) is 55.5 Å². The first-order valence-corrected chi connectivity index (χ1v) is 14.1. The number of anilines is 2. The molecule has 0 fully saturated rings. The van der Waals surface area contributed by atoms with Gasteiger partial charge >= 0.3 is 0 Å². The van der Waals surface area contributed by atoms with Crippen molar-refractivity contribution in [3.05, 3.63) is 124 Å². The third kappa shape index (κ3) is 6.62. The van der Waals surface area contributed by atoms with Crippen molar-refractivity contribution in [2.24, 2.45) is 0 Å². The molecule has 0 spiro atoms. The summed E-state index contributed by atoms with van der Waals surface area (Å²) in [6, 6.07) is 25.7. The van der Waals surface area contributed by atoms with Crippen molar-refractivity contribution < 1.29 is 18.0 Å². The number of hydrogen-bond donors (Lipinski definition) is 2. The van der Waals surface area contributed by atoms with Crippen molar-refractivity contribution in [2.75, 3.05) is 10.0 Å². The molecule has 4 aromatic carbocycles. The zero-order chi connectivity index (χ0) is 28.4. The molecule has 0 aliphatic carbocycles. The summed E-state index contributed by atoms with van der Waals surface area (Å²) in [6.07, 6.45) is 0. The number of nitrogens with one attached hydrogen (secondary N) is 2. The number of aryl methyl sites for hydroxylation is 2. The molecule has 0 bridgehead atoms. The van der Waals surface area contributed by atoms with Crippen LogP contribution in [0.2, 0.25) is 0 Å². The van der Waals surface area contributed by atoms with E-state index in [-0.39, 0.29) is 21.7 Å². The standard InChI is InChI=1S/C32H32N2O4S/c1-21-9-17-27(18-10-21)34-39(37,38)29-20-25(12-11-22(29)2)31(36)33-28-8-6-7-24(19-28)30(35)23-13-15-26(16-14-23)32(3,4)5/h6-20,34H,1-5H3,(H,33,36). The lowest BCUT2D eigenvalue weighted by molar-refractivity contribution is 0.102. The summed E-state index contributed by atoms with van der Waals surface area (Å²) in [5.41, 5.74) is 4.68. The van der Waals surface area contributed by atoms with E-state index in [0.29, 0.717) is 28.1 Å². The summed E-state index contributed by atoms with van der Waals surface area (Å²) in [4.78, 5) is 26.2. The molecule has 0 atom stereocenters. The first-order valence-electron chi connectivity index (χ1n) is 12.6. The zero-order valence-electron chi connectivity index (χ0n) is 22.7. The van der Waals surface area contributed by atoms with E-state index >= 15 is 0 Å². The molecule has 0 heterocycles. The van der Waals surface area contributed by atoms with Crippen LogP contribution in [0.1, 0.15) is 63.7 Å². The maximum Gasteiger partial charge on any atom is 0.262 e. The number of amides is 1. The molecule has 4 rings (SSSR count). The quantitative estimate of drug-likeness (QED) is 0.250. The zero-order valence-corrected chi connectivity index (χ0v) is 23.5. The van der Waals surface area contributed by atoms with Gasteiger partial charge in [-0.3, -0.25) is 14.3 Å². The van der Waals surface area contributed by atoms with Crippen LogP contribution in [0.25, 0.3) is 0 Å². The van der Waals surface area contributed by atoms with Gasteiger partial charge in [0.05, 0.1) is 4.90 Å². The predicted octanol–water partition coefficient (Wildman–Crippen LogP) is 6.89. The smallest absolute Gasteiger partial charge is 0.262 e. The molecule has 0 aliphatic heterocycles. The van der Waals surface area contributed by atoms with E-state index in [1.807, 2.05) is 43.3 Å². The molecule has 200 valence electrons. The highest BCUT2D eigenvalue weighted by atomic mass is 32.2. The van der Waals surface area contributed by atoms with E-state index in [0.717, 1.165) is 11.1 Å². The van der Waals surface area contributed by atoms with Crippen LogP contribution in [0.4, 0.5) is 11.4 Å². The van der Waals surface area contributed by atoms with Crippen LogP contribution in [0.5, 0.6) is 0 Å². The fourth-order valence-electron chi connectivity index (χ4n) is 4.09. The molecule has 0 saturated carbocycles. The van der Waals surface area contributed by atoms with Gasteiger partial charge in [-0.05, 0) is 66.8 Å². The molecule has 1 amide bonds. The highest BCUT2D eigenvalue weighted by Crippen LogP contribution is 2.25. The number of carbonyl (C=O) groups excluding carboxylic acids is 2. The summed E-state index contributed by atoms with van der Waals surface area (Å²) in [5, 5.41) is 2.78. The first-order chi connectivity index (χ1) is 18.3. The Kier molecular flexibility index (Phi) is 7.74. The van der Waals surface area contributed by atoms with E-state index in [9.17, 15) is 18.0 Å². The number of ketones is 1. The van der Waals surface area contributed by atoms with Crippen LogP contribution in [0.3, 0.4) is 0 Å². The number of carbonyl (C=O) groups is 2. The predicted molar refractivity (Wildman–Crippen MR) is 156 cm³/mol. The van der Waals surface area contributed by atoms with Gasteiger partial charge in [-0.1, -0.05) is 80.9 Å². The summed E-state index contributed by atoms with van der Waals surface area (Å²) >= 11 is 0. The molecule has 6 nitrogen and oxygen atoms in total. The SMILES string of the molecule is Cc1ccc(NS(=O)(=O)c2cc(C(=O)Nc3cccc(C(=O)c4ccc(C(C)(C)C)cc4)c3)ccc2C)cc1. The fourth-order valence-corrected chi connectivity index (χ4v) is 5.42. The van der Waals surface area contributed by atoms with Gasteiger partial charge in [0.1, 0.15) is 0 Å². The molecule has 2 N–H and O–H groups in total. The Morgan fingerprint density at radius 3 is 1.97 bits per heavy atom. The third-order valence-corrected chi connectivity index (χ3v) is 7.96. The lowest BCUT2D eigenvalue weighted by atomic mass is 9.86. The Hall–Kier alpha value is -4.23. The van der Waals surface area contributed by atoms with Gasteiger partial charge in [-0.2, -0.15) is 0 Å². The van der Waals surface area contributed by atoms with Crippen LogP contribution in [0.15, 0.2) is 95.9 Å². The summed E-state index contributed by atoms with van der Waals surface area (Å²) < 4.78 is 28.7. The highest BCUT2D eigenvalue weighted by molar-refractivity contribution is 7.92. The Balaban J connectivity index is 1.53. The van der Waals surface area contributed by atoms with Crippen molar-refractivity contribution in [2.45, 2.75) is 44.9 Å². The van der Waals surface area contributed by atoms with Gasteiger partial charge in [-0.25, -0.2) is 8.42 Å². The van der Waals surface area contributed by atoms with Gasteiger partial charge in [0, 0.05) is 28.1 Å². The van der Waals surface area contributed by atoms with Crippen LogP contribution in [-0.2, 0) is 15.4 Å². The molecule has 0 aliphatic rings. The Morgan fingerprint density at radius 2 is 1.33 bits per heavy atom. The van der Waals surface area contributed by atoms with E-state index in [2.05, 4.69) is 30.8 Å². The van der Waals surface area contributed by atoms with Gasteiger partial charge < -0.3 is 5.32 Å². The highest BCUT2D eigenvalue weighted by Gasteiger charge is 2.20. The summed E-state index contributed by atoms with van der Waals surface area (Å²) in [5.74, 6) is -0.640. The summed E-state index contributed by atoms with van der Waals surface area (Å²) in [7, 11) is -3.92. The topological polar surface area (TPSA) is 92.3 Å². The lowest BCUT2D eigenvalue weighted by Gasteiger charge is -2.19. The normalized spacial score (nSPS) is 11.6. The number of benzene rings is 4. The molecule has 0 radical (unpaired) electrons. The Morgan fingerprint density at radius 1 is 0.692 bits per heavy atom. The summed E-state index contributed by atoms with van der Waals surface area (Å²) in [6.45, 7) is 9.93. The molecular weight excluding hydrogens is 508 g/mol. The Labute approximate surface area is 230 Å². The van der Waals surface area contributed by atoms with Crippen molar-refractivity contribution in [1.29, 1.82) is 0 Å². The van der Waals surface area contributed by atoms with Crippen LogP contribution in [-0.4, -0.2) is 20.1 Å². The molecular formula is C32H32N2O4S. The lowest BCUT2D eigenvalue weighted by Crippen LogP contribution is -2.17. The van der Waals surface area contributed by atoms with Crippen molar-refractivity contribution in [3.8, 4) is 0 Å². The molecule has 0 saturated heterocycles. The molecule has 4 aromatic rings. The molecule has 7 heteroatoms. The van der Waals surface area contributed by atoms with Crippen molar-refractivity contribution in [3.63, 3.8) is 0 Å². The monoisotopic (exact) mass is 540 g/mol. The maximum absolute atomic E-state index is 13.1. The van der Waals surface area contributed by atoms with Gasteiger partial charge in [-0.15, -0.1) is 0 Å². The van der Waals surface area contributed by atoms with Gasteiger partial charge in [0.15, 0.2) is 5.78 Å². The number of hydrogen-bond acceptors (Lipinski definition) is 4. The second kappa shape index (κ2) is 10.9. The average Bonchev–Trinajstić information content (AvgIpc) is 2.89. The second-order valence-corrected chi connectivity index (χ2v) is 12.3. The maximum atomic E-state index is 13.1. The first kappa shape index (κ1) is 27.8. The van der Waals surface area contributed by atoms with Crippen molar-refractivity contribution >= 4 is 33.1 Å². The fraction of sp³-hybridized carbons (Fsp3) is 0.188. The Bertz CT molecular complexity index is 1630. The third-order valence-electron chi connectivity index (χ3n) is 6.44. The number of rotatable bonds is 7. The van der Waals surface area contributed by atoms with Crippen LogP contribution >= 0.6 is 0 Å². The average molecular weight is 541 g/mol. The van der Waals surface area contributed by atoms with E-state index in [4.69, 9.17) is 0 Å². The van der Waals surface area contributed by atoms with Gasteiger partial charge in [0.2, 0.25) is 0 Å². The van der Waals surface area contributed by atoms with Crippen molar-refractivity contribution in [1.82, 2.24) is 0 Å². The molecule has 39 heavy (non-hydrogen) atoms. The minimum Gasteiger partial charge on any atom is -0.322 e. The minimum atomic E-state index is -3.92. The molecule has 0 unspecified atom stereocenters. The van der Waals surface area contributed by atoms with E-state index in [1.165, 1.54) is 6.07 Å². The second-order valence-electron chi connectivity index (χ2n) is 10.6. The van der Waals surface area contributed by atoms with Gasteiger partial charge in [0.25, 0.3) is 15.9 Å². The van der Waals surface area contributed by atoms with E-state index < -0.39 is 15.9 Å². The largest absolute Gasteiger partial charge is 0.322 e. The molecule has 0 aromatic heterocycles.